The molecule has 1 aliphatic rings. The first-order chi connectivity index (χ1) is 7.48. The third kappa shape index (κ3) is 3.71. The maximum atomic E-state index is 12.6. The molecule has 0 radical (unpaired) electrons. The Kier molecular flexibility index (Phi) is 6.36. The van der Waals surface area contributed by atoms with E-state index >= 15 is 0 Å². The molecule has 0 saturated carbocycles. The molecule has 2 rings (SSSR count). The molecule has 2 heterocycles. The monoisotopic (exact) mass is 303 g/mol. The van der Waals surface area contributed by atoms with Crippen LogP contribution in [0.1, 0.15) is 18.0 Å². The van der Waals surface area contributed by atoms with Gasteiger partial charge in [-0.1, -0.05) is 6.07 Å². The normalized spacial score (nSPS) is 24.2. The zero-order valence-corrected chi connectivity index (χ0v) is 10.9. The Bertz CT molecular complexity index is 361. The van der Waals surface area contributed by atoms with Crippen molar-refractivity contribution in [1.82, 2.24) is 9.99 Å². The summed E-state index contributed by atoms with van der Waals surface area (Å²) in [4.78, 5) is 4.06. The van der Waals surface area contributed by atoms with E-state index in [2.05, 4.69) is 4.98 Å². The summed E-state index contributed by atoms with van der Waals surface area (Å²) in [7, 11) is 0. The molecule has 0 bridgehead atoms. The summed E-state index contributed by atoms with van der Waals surface area (Å²) >= 11 is 0. The van der Waals surface area contributed by atoms with Gasteiger partial charge in [-0.3, -0.25) is 10.8 Å². The Morgan fingerprint density at radius 3 is 2.39 bits per heavy atom. The lowest BCUT2D eigenvalue weighted by Crippen LogP contribution is -2.45. The largest absolute Gasteiger partial charge is 0.405 e. The molecule has 1 fully saturated rings. The van der Waals surface area contributed by atoms with Gasteiger partial charge in [-0.25, -0.2) is 5.01 Å². The van der Waals surface area contributed by atoms with E-state index in [9.17, 15) is 13.2 Å². The third-order valence-corrected chi connectivity index (χ3v) is 2.82. The molecule has 0 spiro atoms. The van der Waals surface area contributed by atoms with Crippen LogP contribution in [0.2, 0.25) is 0 Å². The summed E-state index contributed by atoms with van der Waals surface area (Å²) in [5.74, 6) is 5.14. The second kappa shape index (κ2) is 6.56. The van der Waals surface area contributed by atoms with Crippen LogP contribution in [0.15, 0.2) is 24.4 Å². The standard InChI is InChI=1S/C10H12F3N3.2ClH/c11-10(12,13)9-5-7(6-16(9)14)8-3-1-2-4-15-8;;/h1-4,7,9H,5-6,14H2;2*1H. The van der Waals surface area contributed by atoms with E-state index in [-0.39, 0.29) is 43.7 Å². The number of pyridine rings is 1. The summed E-state index contributed by atoms with van der Waals surface area (Å²) in [5, 5.41) is 0.860. The summed E-state index contributed by atoms with van der Waals surface area (Å²) in [6, 6.07) is 3.68. The van der Waals surface area contributed by atoms with Gasteiger partial charge in [-0.2, -0.15) is 13.2 Å². The first-order valence-electron chi connectivity index (χ1n) is 4.97. The van der Waals surface area contributed by atoms with Gasteiger partial charge in [-0.05, 0) is 18.6 Å². The highest BCUT2D eigenvalue weighted by molar-refractivity contribution is 5.85. The number of halogens is 5. The summed E-state index contributed by atoms with van der Waals surface area (Å²) in [5.41, 5.74) is 0.671. The molecule has 0 amide bonds. The predicted octanol–water partition coefficient (Wildman–Crippen LogP) is 2.52. The third-order valence-electron chi connectivity index (χ3n) is 2.82. The van der Waals surface area contributed by atoms with E-state index < -0.39 is 12.2 Å². The Morgan fingerprint density at radius 2 is 1.94 bits per heavy atom. The van der Waals surface area contributed by atoms with Gasteiger partial charge < -0.3 is 0 Å². The number of hydrogen-bond acceptors (Lipinski definition) is 3. The quantitative estimate of drug-likeness (QED) is 0.811. The van der Waals surface area contributed by atoms with Crippen molar-refractivity contribution in [1.29, 1.82) is 0 Å². The molecule has 8 heteroatoms. The highest BCUT2D eigenvalue weighted by Gasteiger charge is 2.48. The molecule has 1 aromatic rings. The highest BCUT2D eigenvalue weighted by atomic mass is 35.5. The van der Waals surface area contributed by atoms with Crippen molar-refractivity contribution in [2.75, 3.05) is 6.54 Å². The lowest BCUT2D eigenvalue weighted by atomic mass is 10.0. The average molecular weight is 304 g/mol. The number of aromatic nitrogens is 1. The van der Waals surface area contributed by atoms with Crippen LogP contribution in [-0.2, 0) is 0 Å². The summed E-state index contributed by atoms with van der Waals surface area (Å²) in [6.07, 6.45) is -2.70. The van der Waals surface area contributed by atoms with Crippen molar-refractivity contribution >= 4 is 24.8 Å². The van der Waals surface area contributed by atoms with Crippen molar-refractivity contribution in [3.05, 3.63) is 30.1 Å². The molecule has 1 aromatic heterocycles. The molecule has 2 atom stereocenters. The molecule has 0 aromatic carbocycles. The maximum absolute atomic E-state index is 12.6. The molecule has 18 heavy (non-hydrogen) atoms. The molecule has 104 valence electrons. The Balaban J connectivity index is 0.00000144. The Hall–Kier alpha value is -0.560. The number of nitrogens with two attached hydrogens (primary N) is 1. The van der Waals surface area contributed by atoms with Crippen LogP contribution >= 0.6 is 24.8 Å². The number of hydrazine groups is 1. The SMILES string of the molecule is Cl.Cl.NN1CC(c2ccccn2)CC1C(F)(F)F. The molecule has 0 aliphatic carbocycles. The van der Waals surface area contributed by atoms with Crippen molar-refractivity contribution in [3.63, 3.8) is 0 Å². The smallest absolute Gasteiger partial charge is 0.268 e. The molecular formula is C10H14Cl2F3N3. The minimum absolute atomic E-state index is 0. The van der Waals surface area contributed by atoms with Gasteiger partial charge in [0.1, 0.15) is 6.04 Å². The second-order valence-corrected chi connectivity index (χ2v) is 3.94. The molecule has 1 saturated heterocycles. The fourth-order valence-electron chi connectivity index (χ4n) is 2.01. The van der Waals surface area contributed by atoms with E-state index in [0.717, 1.165) is 5.01 Å². The molecule has 2 N–H and O–H groups in total. The highest BCUT2D eigenvalue weighted by Crippen LogP contribution is 2.37. The molecule has 1 aliphatic heterocycles. The minimum atomic E-state index is -4.27. The van der Waals surface area contributed by atoms with Crippen molar-refractivity contribution in [2.24, 2.45) is 5.84 Å². The second-order valence-electron chi connectivity index (χ2n) is 3.94. The van der Waals surface area contributed by atoms with Gasteiger partial charge in [0.25, 0.3) is 0 Å². The van der Waals surface area contributed by atoms with E-state index in [1.54, 1.807) is 24.4 Å². The lowest BCUT2D eigenvalue weighted by Gasteiger charge is -2.21. The van der Waals surface area contributed by atoms with Crippen molar-refractivity contribution in [3.8, 4) is 0 Å². The van der Waals surface area contributed by atoms with E-state index in [1.165, 1.54) is 0 Å². The number of nitrogens with zero attached hydrogens (tertiary/aromatic N) is 2. The first-order valence-corrected chi connectivity index (χ1v) is 4.97. The Labute approximate surface area is 115 Å². The molecule has 3 nitrogen and oxygen atoms in total. The summed E-state index contributed by atoms with van der Waals surface area (Å²) in [6.45, 7) is 0.196. The lowest BCUT2D eigenvalue weighted by molar-refractivity contribution is -0.176. The van der Waals surface area contributed by atoms with Crippen LogP contribution in [0.4, 0.5) is 13.2 Å². The van der Waals surface area contributed by atoms with Crippen LogP contribution in [-0.4, -0.2) is 28.8 Å². The van der Waals surface area contributed by atoms with Crippen LogP contribution in [0, 0.1) is 0 Å². The first kappa shape index (κ1) is 17.4. The van der Waals surface area contributed by atoms with Crippen molar-refractivity contribution < 1.29 is 13.2 Å². The van der Waals surface area contributed by atoms with Gasteiger partial charge >= 0.3 is 6.18 Å². The number of rotatable bonds is 1. The minimum Gasteiger partial charge on any atom is -0.268 e. The average Bonchev–Trinajstić information content (AvgIpc) is 2.61. The number of hydrogen-bond donors (Lipinski definition) is 1. The van der Waals surface area contributed by atoms with E-state index in [1.807, 2.05) is 0 Å². The zero-order chi connectivity index (χ0) is 11.8. The molecular weight excluding hydrogens is 290 g/mol. The Morgan fingerprint density at radius 1 is 1.28 bits per heavy atom. The number of alkyl halides is 3. The van der Waals surface area contributed by atoms with Crippen LogP contribution in [0.25, 0.3) is 0 Å². The fourth-order valence-corrected chi connectivity index (χ4v) is 2.01. The van der Waals surface area contributed by atoms with Gasteiger partial charge in [0, 0.05) is 24.4 Å². The molecule has 2 unspecified atom stereocenters. The zero-order valence-electron chi connectivity index (χ0n) is 9.30. The van der Waals surface area contributed by atoms with Gasteiger partial charge in [0.05, 0.1) is 0 Å². The topological polar surface area (TPSA) is 42.1 Å². The van der Waals surface area contributed by atoms with Gasteiger partial charge in [0.15, 0.2) is 0 Å². The van der Waals surface area contributed by atoms with Crippen LogP contribution < -0.4 is 5.84 Å². The van der Waals surface area contributed by atoms with Crippen molar-refractivity contribution in [2.45, 2.75) is 24.6 Å². The van der Waals surface area contributed by atoms with Gasteiger partial charge in [0.2, 0.25) is 0 Å². The van der Waals surface area contributed by atoms with Crippen LogP contribution in [0.5, 0.6) is 0 Å². The summed E-state index contributed by atoms with van der Waals surface area (Å²) < 4.78 is 37.7. The fraction of sp³-hybridized carbons (Fsp3) is 0.500. The predicted molar refractivity (Wildman–Crippen MR) is 66.8 cm³/mol. The van der Waals surface area contributed by atoms with E-state index in [4.69, 9.17) is 5.84 Å². The maximum Gasteiger partial charge on any atom is 0.405 e. The van der Waals surface area contributed by atoms with Crippen LogP contribution in [0.3, 0.4) is 0 Å². The van der Waals surface area contributed by atoms with Gasteiger partial charge in [-0.15, -0.1) is 24.8 Å². The van der Waals surface area contributed by atoms with E-state index in [0.29, 0.717) is 5.69 Å².